The van der Waals surface area contributed by atoms with Gasteiger partial charge in [-0.1, -0.05) is 65.5 Å². The van der Waals surface area contributed by atoms with E-state index in [1.165, 1.54) is 0 Å². The number of morpholine rings is 2. The van der Waals surface area contributed by atoms with Crippen LogP contribution in [0.3, 0.4) is 0 Å². The third-order valence-corrected chi connectivity index (χ3v) is 7.65. The first kappa shape index (κ1) is 28.3. The largest absolute Gasteiger partial charge is 0.594 e. The highest BCUT2D eigenvalue weighted by molar-refractivity contribution is 6.13. The number of azo groups is 1. The lowest BCUT2D eigenvalue weighted by Gasteiger charge is -2.30. The molecule has 2 heterocycles. The average molecular weight is 577 g/mol. The smallest absolute Gasteiger partial charge is 0.245 e. The van der Waals surface area contributed by atoms with Gasteiger partial charge in [0.25, 0.3) is 0 Å². The summed E-state index contributed by atoms with van der Waals surface area (Å²) in [6.07, 6.45) is 0. The van der Waals surface area contributed by atoms with Crippen molar-refractivity contribution in [3.05, 3.63) is 125 Å². The molecule has 9 nitrogen and oxygen atoms in total. The van der Waals surface area contributed by atoms with E-state index in [-0.39, 0.29) is 17.3 Å². The van der Waals surface area contributed by atoms with Crippen molar-refractivity contribution in [2.75, 3.05) is 62.4 Å². The molecule has 2 saturated heterocycles. The number of benzene rings is 4. The zero-order valence-corrected chi connectivity index (χ0v) is 23.7. The Morgan fingerprint density at radius 3 is 1.60 bits per heavy atom. The molecule has 0 aliphatic carbocycles. The minimum atomic E-state index is -0.178. The number of hydrogen-bond donors (Lipinski definition) is 0. The van der Waals surface area contributed by atoms with E-state index in [2.05, 4.69) is 14.9 Å². The zero-order valence-electron chi connectivity index (χ0n) is 23.7. The molecule has 9 heteroatoms. The first-order valence-electron chi connectivity index (χ1n) is 14.4. The number of nitrogens with zero attached hydrogens (tertiary/aromatic N) is 4. The van der Waals surface area contributed by atoms with Crippen molar-refractivity contribution < 1.29 is 23.9 Å². The Kier molecular flexibility index (Phi) is 8.53. The Hall–Kier alpha value is -4.86. The third-order valence-electron chi connectivity index (χ3n) is 7.65. The highest BCUT2D eigenvalue weighted by atomic mass is 16.5. The van der Waals surface area contributed by atoms with Crippen LogP contribution in [0.4, 0.5) is 22.7 Å². The molecule has 0 N–H and O–H groups in total. The van der Waals surface area contributed by atoms with Crippen LogP contribution in [-0.4, -0.2) is 69.0 Å². The maximum atomic E-state index is 13.6. The normalized spacial score (nSPS) is 15.8. The quantitative estimate of drug-likeness (QED) is 0.114. The molecular formula is C34H32N4O5. The van der Waals surface area contributed by atoms with Crippen molar-refractivity contribution in [3.8, 4) is 0 Å². The molecule has 43 heavy (non-hydrogen) atoms. The maximum Gasteiger partial charge on any atom is 0.245 e. The van der Waals surface area contributed by atoms with Crippen molar-refractivity contribution in [2.45, 2.75) is 0 Å². The van der Waals surface area contributed by atoms with Crippen LogP contribution in [0.1, 0.15) is 31.8 Å². The predicted molar refractivity (Wildman–Crippen MR) is 164 cm³/mol. The number of carbonyl (C=O) groups excluding carboxylic acids is 2. The van der Waals surface area contributed by atoms with Crippen LogP contribution in [0.5, 0.6) is 0 Å². The van der Waals surface area contributed by atoms with E-state index in [0.29, 0.717) is 85.4 Å². The number of anilines is 2. The second kappa shape index (κ2) is 13.0. The summed E-state index contributed by atoms with van der Waals surface area (Å²) in [7, 11) is 0. The molecule has 0 aromatic heterocycles. The van der Waals surface area contributed by atoms with Crippen molar-refractivity contribution >= 4 is 34.3 Å². The van der Waals surface area contributed by atoms with Crippen LogP contribution < -0.4 is 9.80 Å². The molecule has 4 aromatic rings. The minimum Gasteiger partial charge on any atom is -0.594 e. The van der Waals surface area contributed by atoms with Crippen LogP contribution in [0, 0.1) is 5.21 Å². The number of carbonyl (C=O) groups is 2. The summed E-state index contributed by atoms with van der Waals surface area (Å²) in [5.74, 6) is -0.329. The van der Waals surface area contributed by atoms with Gasteiger partial charge in [-0.2, -0.15) is 0 Å². The van der Waals surface area contributed by atoms with E-state index in [1.807, 2.05) is 42.5 Å². The van der Waals surface area contributed by atoms with Crippen LogP contribution in [-0.2, 0) is 9.47 Å². The van der Waals surface area contributed by atoms with Gasteiger partial charge in [0.2, 0.25) is 5.69 Å². The van der Waals surface area contributed by atoms with Crippen molar-refractivity contribution in [1.82, 2.24) is 0 Å². The van der Waals surface area contributed by atoms with Crippen molar-refractivity contribution in [2.24, 2.45) is 5.11 Å². The monoisotopic (exact) mass is 576 g/mol. The molecule has 2 aliphatic heterocycles. The zero-order chi connectivity index (χ0) is 29.6. The maximum absolute atomic E-state index is 13.6. The van der Waals surface area contributed by atoms with Crippen LogP contribution in [0.2, 0.25) is 0 Å². The highest BCUT2D eigenvalue weighted by Gasteiger charge is 2.24. The standard InChI is InChI=1S/C34H32N4O5/c39-33(25-7-3-1-4-8-25)29-23-27(11-13-31(29)36-15-19-42-20-16-36)35-38(41)28-12-14-32(37-17-21-43-22-18-37)30(24-28)34(40)26-9-5-2-6-10-26/h1-14,23-24H,15-22H2. The molecule has 0 atom stereocenters. The average Bonchev–Trinajstić information content (AvgIpc) is 3.09. The summed E-state index contributed by atoms with van der Waals surface area (Å²) in [5, 5.41) is 17.7. The van der Waals surface area contributed by atoms with E-state index in [4.69, 9.17) is 9.47 Å². The van der Waals surface area contributed by atoms with E-state index in [1.54, 1.807) is 54.6 Å². The molecule has 4 aromatic carbocycles. The van der Waals surface area contributed by atoms with E-state index in [0.717, 1.165) is 11.4 Å². The lowest BCUT2D eigenvalue weighted by molar-refractivity contribution is -0.435. The Morgan fingerprint density at radius 2 is 1.09 bits per heavy atom. The van der Waals surface area contributed by atoms with Gasteiger partial charge in [0, 0.05) is 71.5 Å². The summed E-state index contributed by atoms with van der Waals surface area (Å²) < 4.78 is 11.0. The molecule has 6 rings (SSSR count). The first-order valence-corrected chi connectivity index (χ1v) is 14.4. The summed E-state index contributed by atoms with van der Waals surface area (Å²) in [4.78, 5) is 32.0. The SMILES string of the molecule is O=C(c1ccccc1)c1cc(N=[N+]([O-])c2ccc(N3CCOCC3)c(C(=O)c3ccccc3)c2)ccc1N1CCOCC1. The molecule has 0 spiro atoms. The van der Waals surface area contributed by atoms with Gasteiger partial charge >= 0.3 is 0 Å². The van der Waals surface area contributed by atoms with E-state index < -0.39 is 0 Å². The molecule has 0 radical (unpaired) electrons. The van der Waals surface area contributed by atoms with Crippen LogP contribution in [0.15, 0.2) is 102 Å². The van der Waals surface area contributed by atoms with Crippen LogP contribution in [0.25, 0.3) is 0 Å². The second-order valence-corrected chi connectivity index (χ2v) is 10.4. The molecular weight excluding hydrogens is 544 g/mol. The second-order valence-electron chi connectivity index (χ2n) is 10.4. The van der Waals surface area contributed by atoms with Crippen molar-refractivity contribution in [1.29, 1.82) is 0 Å². The first-order chi connectivity index (χ1) is 21.1. The van der Waals surface area contributed by atoms with E-state index >= 15 is 0 Å². The third kappa shape index (κ3) is 6.33. The summed E-state index contributed by atoms with van der Waals surface area (Å²) in [5.41, 5.74) is 4.04. The van der Waals surface area contributed by atoms with Gasteiger partial charge < -0.3 is 24.5 Å². The highest BCUT2D eigenvalue weighted by Crippen LogP contribution is 2.32. The Balaban J connectivity index is 1.37. The summed E-state index contributed by atoms with van der Waals surface area (Å²) in [6, 6.07) is 28.3. The molecule has 2 aliphatic rings. The Morgan fingerprint density at radius 1 is 0.628 bits per heavy atom. The minimum absolute atomic E-state index is 0.151. The van der Waals surface area contributed by atoms with Gasteiger partial charge in [0.15, 0.2) is 11.6 Å². The van der Waals surface area contributed by atoms with Crippen LogP contribution >= 0.6 is 0 Å². The van der Waals surface area contributed by atoms with Gasteiger partial charge in [-0.05, 0) is 24.3 Å². The molecule has 218 valence electrons. The topological polar surface area (TPSA) is 97.5 Å². The van der Waals surface area contributed by atoms with Crippen molar-refractivity contribution in [3.63, 3.8) is 0 Å². The number of ether oxygens (including phenoxy) is 2. The fraction of sp³-hybridized carbons (Fsp3) is 0.235. The van der Waals surface area contributed by atoms with E-state index in [9.17, 15) is 14.8 Å². The Bertz CT molecular complexity index is 1630. The summed E-state index contributed by atoms with van der Waals surface area (Å²) >= 11 is 0. The molecule has 0 saturated carbocycles. The summed E-state index contributed by atoms with van der Waals surface area (Å²) in [6.45, 7) is 4.89. The van der Waals surface area contributed by atoms with Gasteiger partial charge in [-0.15, -0.1) is 0 Å². The number of ketones is 2. The van der Waals surface area contributed by atoms with Gasteiger partial charge in [0.05, 0.1) is 32.0 Å². The Labute approximate surface area is 250 Å². The molecule has 0 bridgehead atoms. The fourth-order valence-corrected chi connectivity index (χ4v) is 5.41. The van der Waals surface area contributed by atoms with Gasteiger partial charge in [-0.3, -0.25) is 9.59 Å². The predicted octanol–water partition coefficient (Wildman–Crippen LogP) is 5.75. The molecule has 0 amide bonds. The molecule has 0 unspecified atom stereocenters. The van der Waals surface area contributed by atoms with Gasteiger partial charge in [0.1, 0.15) is 5.69 Å². The lowest BCUT2D eigenvalue weighted by Crippen LogP contribution is -2.37. The number of hydrogen-bond acceptors (Lipinski definition) is 8. The fourth-order valence-electron chi connectivity index (χ4n) is 5.41. The molecule has 2 fully saturated rings. The van der Waals surface area contributed by atoms with Gasteiger partial charge in [-0.25, -0.2) is 0 Å². The number of rotatable bonds is 8. The lowest BCUT2D eigenvalue weighted by atomic mass is 10.00.